The number of thioether (sulfide) groups is 1. The number of carbonyl (C=O) groups excluding carboxylic acids is 1. The number of hydrogen-bond acceptors (Lipinski definition) is 6. The molecule has 1 fully saturated rings. The third-order valence-electron chi connectivity index (χ3n) is 3.72. The molecular weight excluding hydrogens is 372 g/mol. The molecular formula is C18H14N2O4S2. The van der Waals surface area contributed by atoms with Crippen molar-refractivity contribution in [2.45, 2.75) is 6.61 Å². The fourth-order valence-electron chi connectivity index (χ4n) is 2.24. The van der Waals surface area contributed by atoms with Gasteiger partial charge >= 0.3 is 0 Å². The number of hydrogen-bond donors (Lipinski definition) is 0. The summed E-state index contributed by atoms with van der Waals surface area (Å²) in [5, 5.41) is 10.6. The van der Waals surface area contributed by atoms with Gasteiger partial charge in [-0.05, 0) is 41.5 Å². The van der Waals surface area contributed by atoms with Gasteiger partial charge in [-0.3, -0.25) is 19.8 Å². The van der Waals surface area contributed by atoms with Crippen molar-refractivity contribution in [1.29, 1.82) is 0 Å². The van der Waals surface area contributed by atoms with Crippen LogP contribution in [0.3, 0.4) is 0 Å². The van der Waals surface area contributed by atoms with E-state index >= 15 is 0 Å². The molecule has 8 heteroatoms. The lowest BCUT2D eigenvalue weighted by Crippen LogP contribution is -2.22. The highest BCUT2D eigenvalue weighted by atomic mass is 32.2. The molecule has 2 aromatic rings. The van der Waals surface area contributed by atoms with E-state index in [0.717, 1.165) is 11.1 Å². The highest BCUT2D eigenvalue weighted by Crippen LogP contribution is 2.31. The summed E-state index contributed by atoms with van der Waals surface area (Å²) in [5.74, 6) is 0.571. The van der Waals surface area contributed by atoms with Crippen molar-refractivity contribution in [2.75, 3.05) is 7.05 Å². The fourth-order valence-corrected chi connectivity index (χ4v) is 3.42. The SMILES string of the molecule is CN1C(=O)C(=Cc2ccc(OCc3ccc([N+](=O)[O-])cc3)cc2)SC1=S. The van der Waals surface area contributed by atoms with Crippen LogP contribution in [0.15, 0.2) is 53.4 Å². The van der Waals surface area contributed by atoms with E-state index in [2.05, 4.69) is 0 Å². The second-order valence-corrected chi connectivity index (χ2v) is 7.20. The summed E-state index contributed by atoms with van der Waals surface area (Å²) in [6.07, 6.45) is 1.79. The highest BCUT2D eigenvalue weighted by Gasteiger charge is 2.28. The van der Waals surface area contributed by atoms with Crippen LogP contribution >= 0.6 is 24.0 Å². The summed E-state index contributed by atoms with van der Waals surface area (Å²) in [4.78, 5) is 24.2. The van der Waals surface area contributed by atoms with Gasteiger partial charge in [0.25, 0.3) is 11.6 Å². The van der Waals surface area contributed by atoms with E-state index in [9.17, 15) is 14.9 Å². The van der Waals surface area contributed by atoms with Gasteiger partial charge in [-0.2, -0.15) is 0 Å². The van der Waals surface area contributed by atoms with Crippen molar-refractivity contribution >= 4 is 46.0 Å². The minimum Gasteiger partial charge on any atom is -0.489 e. The molecule has 1 saturated heterocycles. The Morgan fingerprint density at radius 2 is 1.85 bits per heavy atom. The molecule has 1 heterocycles. The normalized spacial score (nSPS) is 15.6. The number of nitro groups is 1. The van der Waals surface area contributed by atoms with E-state index in [-0.39, 0.29) is 11.6 Å². The first-order valence-electron chi connectivity index (χ1n) is 7.62. The first kappa shape index (κ1) is 18.1. The average molecular weight is 386 g/mol. The van der Waals surface area contributed by atoms with Crippen LogP contribution in [-0.2, 0) is 11.4 Å². The van der Waals surface area contributed by atoms with Gasteiger partial charge in [0.1, 0.15) is 16.7 Å². The Morgan fingerprint density at radius 1 is 1.19 bits per heavy atom. The van der Waals surface area contributed by atoms with Crippen LogP contribution in [0.4, 0.5) is 5.69 Å². The van der Waals surface area contributed by atoms with E-state index in [1.807, 2.05) is 24.3 Å². The van der Waals surface area contributed by atoms with Crippen molar-refractivity contribution < 1.29 is 14.5 Å². The Balaban J connectivity index is 1.62. The number of benzene rings is 2. The monoisotopic (exact) mass is 386 g/mol. The number of carbonyl (C=O) groups is 1. The number of ether oxygens (including phenoxy) is 1. The maximum Gasteiger partial charge on any atom is 0.269 e. The molecule has 0 bridgehead atoms. The minimum atomic E-state index is -0.435. The number of nitro benzene ring substituents is 1. The molecule has 0 spiro atoms. The lowest BCUT2D eigenvalue weighted by molar-refractivity contribution is -0.384. The molecule has 0 aromatic heterocycles. The summed E-state index contributed by atoms with van der Waals surface area (Å²) >= 11 is 6.39. The van der Waals surface area contributed by atoms with Crippen LogP contribution in [-0.4, -0.2) is 27.1 Å². The summed E-state index contributed by atoms with van der Waals surface area (Å²) in [7, 11) is 1.66. The maximum atomic E-state index is 12.0. The zero-order valence-corrected chi connectivity index (χ0v) is 15.4. The predicted molar refractivity (Wildman–Crippen MR) is 105 cm³/mol. The highest BCUT2D eigenvalue weighted by molar-refractivity contribution is 8.26. The fraction of sp³-hybridized carbons (Fsp3) is 0.111. The van der Waals surface area contributed by atoms with E-state index < -0.39 is 4.92 Å². The molecule has 3 rings (SSSR count). The molecule has 1 aliphatic heterocycles. The van der Waals surface area contributed by atoms with Gasteiger partial charge in [0.05, 0.1) is 9.83 Å². The third kappa shape index (κ3) is 4.09. The number of likely N-dealkylation sites (N-methyl/N-ethyl adjacent to an activating group) is 1. The summed E-state index contributed by atoms with van der Waals surface area (Å²) < 4.78 is 6.23. The molecule has 0 radical (unpaired) electrons. The smallest absolute Gasteiger partial charge is 0.269 e. The molecule has 6 nitrogen and oxygen atoms in total. The van der Waals surface area contributed by atoms with Gasteiger partial charge in [0.15, 0.2) is 0 Å². The van der Waals surface area contributed by atoms with Crippen LogP contribution in [0.5, 0.6) is 5.75 Å². The largest absolute Gasteiger partial charge is 0.489 e. The lowest BCUT2D eigenvalue weighted by atomic mass is 10.2. The van der Waals surface area contributed by atoms with Crippen LogP contribution in [0.25, 0.3) is 6.08 Å². The van der Waals surface area contributed by atoms with Crippen LogP contribution in [0.2, 0.25) is 0 Å². The predicted octanol–water partition coefficient (Wildman–Crippen LogP) is 4.00. The number of non-ortho nitro benzene ring substituents is 1. The van der Waals surface area contributed by atoms with Crippen molar-refractivity contribution in [3.8, 4) is 5.75 Å². The standard InChI is InChI=1S/C18H14N2O4S2/c1-19-17(21)16(26-18(19)25)10-12-4-8-15(9-5-12)24-11-13-2-6-14(7-3-13)20(22)23/h2-10H,11H2,1H3. The van der Waals surface area contributed by atoms with E-state index in [1.54, 1.807) is 25.3 Å². The number of rotatable bonds is 5. The number of nitrogens with zero attached hydrogens (tertiary/aromatic N) is 2. The zero-order chi connectivity index (χ0) is 18.7. The van der Waals surface area contributed by atoms with Gasteiger partial charge in [-0.15, -0.1) is 0 Å². The van der Waals surface area contributed by atoms with Crippen LogP contribution < -0.4 is 4.74 Å². The first-order chi connectivity index (χ1) is 12.4. The van der Waals surface area contributed by atoms with Gasteiger partial charge in [-0.25, -0.2) is 0 Å². The van der Waals surface area contributed by atoms with Crippen LogP contribution in [0.1, 0.15) is 11.1 Å². The molecule has 0 N–H and O–H groups in total. The molecule has 1 aliphatic rings. The molecule has 0 saturated carbocycles. The van der Waals surface area contributed by atoms with Crippen LogP contribution in [0, 0.1) is 10.1 Å². The van der Waals surface area contributed by atoms with Crippen molar-refractivity contribution in [2.24, 2.45) is 0 Å². The lowest BCUT2D eigenvalue weighted by Gasteiger charge is -2.06. The third-order valence-corrected chi connectivity index (χ3v) is 5.20. The van der Waals surface area contributed by atoms with Gasteiger partial charge in [0.2, 0.25) is 0 Å². The molecule has 2 aromatic carbocycles. The quantitative estimate of drug-likeness (QED) is 0.335. The molecule has 1 amide bonds. The minimum absolute atomic E-state index is 0.0515. The Hall–Kier alpha value is -2.71. The van der Waals surface area contributed by atoms with E-state index in [1.165, 1.54) is 28.8 Å². The molecule has 132 valence electrons. The molecule has 0 aliphatic carbocycles. The molecule has 0 unspecified atom stereocenters. The molecule has 26 heavy (non-hydrogen) atoms. The summed E-state index contributed by atoms with van der Waals surface area (Å²) in [6, 6.07) is 13.6. The number of amides is 1. The average Bonchev–Trinajstić information content (AvgIpc) is 2.88. The maximum absolute atomic E-state index is 12.0. The van der Waals surface area contributed by atoms with Crippen molar-refractivity contribution in [3.05, 3.63) is 74.7 Å². The van der Waals surface area contributed by atoms with Gasteiger partial charge in [-0.1, -0.05) is 36.1 Å². The van der Waals surface area contributed by atoms with E-state index in [4.69, 9.17) is 17.0 Å². The van der Waals surface area contributed by atoms with E-state index in [0.29, 0.717) is 21.6 Å². The van der Waals surface area contributed by atoms with Crippen molar-refractivity contribution in [3.63, 3.8) is 0 Å². The first-order valence-corrected chi connectivity index (χ1v) is 8.84. The second kappa shape index (κ2) is 7.67. The number of thiocarbonyl (C=S) groups is 1. The molecule has 0 atom stereocenters. The van der Waals surface area contributed by atoms with Gasteiger partial charge < -0.3 is 4.74 Å². The Labute approximate surface area is 159 Å². The Bertz CT molecular complexity index is 892. The zero-order valence-electron chi connectivity index (χ0n) is 13.7. The Kier molecular flexibility index (Phi) is 5.34. The second-order valence-electron chi connectivity index (χ2n) is 5.52. The summed E-state index contributed by atoms with van der Waals surface area (Å²) in [5.41, 5.74) is 1.77. The summed E-state index contributed by atoms with van der Waals surface area (Å²) in [6.45, 7) is 0.311. The Morgan fingerprint density at radius 3 is 2.38 bits per heavy atom. The van der Waals surface area contributed by atoms with Gasteiger partial charge in [0, 0.05) is 19.2 Å². The van der Waals surface area contributed by atoms with Crippen molar-refractivity contribution in [1.82, 2.24) is 4.90 Å². The topological polar surface area (TPSA) is 72.7 Å².